The molecule has 0 saturated heterocycles. The second kappa shape index (κ2) is 4.31. The summed E-state index contributed by atoms with van der Waals surface area (Å²) in [6.07, 6.45) is 0.817. The molecule has 0 aliphatic carbocycles. The first-order chi connectivity index (χ1) is 7.28. The van der Waals surface area contributed by atoms with Crippen LogP contribution in [0, 0.1) is 0 Å². The van der Waals surface area contributed by atoms with E-state index in [4.69, 9.17) is 10.5 Å². The maximum atomic E-state index is 5.57. The second-order valence-electron chi connectivity index (χ2n) is 3.20. The van der Waals surface area contributed by atoms with E-state index in [-0.39, 0.29) is 0 Å². The molecule has 2 N–H and O–H groups in total. The van der Waals surface area contributed by atoms with Crippen molar-refractivity contribution in [2.24, 2.45) is 0 Å². The molecule has 0 aliphatic rings. The topological polar surface area (TPSA) is 48.1 Å². The average molecular weight is 220 g/mol. The van der Waals surface area contributed by atoms with Gasteiger partial charge in [0.2, 0.25) is 0 Å². The lowest BCUT2D eigenvalue weighted by atomic mass is 10.1. The van der Waals surface area contributed by atoms with E-state index < -0.39 is 0 Å². The Labute approximate surface area is 92.5 Å². The lowest BCUT2D eigenvalue weighted by Crippen LogP contribution is -1.90. The number of rotatable bonds is 3. The third-order valence-electron chi connectivity index (χ3n) is 2.11. The Morgan fingerprint density at radius 2 is 2.07 bits per heavy atom. The zero-order valence-corrected chi connectivity index (χ0v) is 9.25. The van der Waals surface area contributed by atoms with Gasteiger partial charge >= 0.3 is 0 Å². The minimum atomic E-state index is 0.624. The van der Waals surface area contributed by atoms with Crippen LogP contribution in [0.3, 0.4) is 0 Å². The van der Waals surface area contributed by atoms with Crippen molar-refractivity contribution < 1.29 is 4.74 Å². The fourth-order valence-electron chi connectivity index (χ4n) is 1.36. The average Bonchev–Trinajstić information content (AvgIpc) is 2.65. The molecule has 15 heavy (non-hydrogen) atoms. The highest BCUT2D eigenvalue weighted by Crippen LogP contribution is 2.17. The zero-order chi connectivity index (χ0) is 10.7. The van der Waals surface area contributed by atoms with E-state index in [0.717, 1.165) is 17.9 Å². The highest BCUT2D eigenvalue weighted by molar-refractivity contribution is 7.13. The predicted octanol–water partition coefficient (Wildman–Crippen LogP) is 2.32. The third kappa shape index (κ3) is 2.47. The van der Waals surface area contributed by atoms with Gasteiger partial charge in [-0.15, -0.1) is 11.3 Å². The van der Waals surface area contributed by atoms with Crippen molar-refractivity contribution >= 4 is 16.5 Å². The number of nitrogen functional groups attached to an aromatic ring is 1. The van der Waals surface area contributed by atoms with Crippen LogP contribution in [0.25, 0.3) is 0 Å². The Balaban J connectivity index is 2.11. The number of hydrogen-bond donors (Lipinski definition) is 1. The highest BCUT2D eigenvalue weighted by atomic mass is 32.1. The molecule has 3 nitrogen and oxygen atoms in total. The lowest BCUT2D eigenvalue weighted by molar-refractivity contribution is 0.414. The Morgan fingerprint density at radius 3 is 2.60 bits per heavy atom. The van der Waals surface area contributed by atoms with Crippen LogP contribution in [0.1, 0.15) is 11.3 Å². The summed E-state index contributed by atoms with van der Waals surface area (Å²) in [6.45, 7) is 0. The summed E-state index contributed by atoms with van der Waals surface area (Å²) >= 11 is 1.47. The minimum Gasteiger partial charge on any atom is -0.497 e. The molecule has 78 valence electrons. The number of hydrogen-bond acceptors (Lipinski definition) is 4. The second-order valence-corrected chi connectivity index (χ2v) is 4.09. The van der Waals surface area contributed by atoms with Crippen LogP contribution >= 0.6 is 11.3 Å². The quantitative estimate of drug-likeness (QED) is 0.863. The summed E-state index contributed by atoms with van der Waals surface area (Å²) in [5.74, 6) is 0.872. The van der Waals surface area contributed by atoms with E-state index in [2.05, 4.69) is 4.98 Å². The molecule has 2 aromatic rings. The van der Waals surface area contributed by atoms with E-state index in [1.807, 2.05) is 29.6 Å². The molecule has 0 bridgehead atoms. The molecule has 0 amide bonds. The van der Waals surface area contributed by atoms with E-state index in [1.165, 1.54) is 16.9 Å². The van der Waals surface area contributed by atoms with Crippen molar-refractivity contribution in [2.45, 2.75) is 6.42 Å². The molecule has 4 heteroatoms. The number of ether oxygens (including phenoxy) is 1. The first-order valence-electron chi connectivity index (χ1n) is 4.61. The van der Waals surface area contributed by atoms with Crippen LogP contribution in [0.15, 0.2) is 29.6 Å². The van der Waals surface area contributed by atoms with Gasteiger partial charge in [-0.05, 0) is 17.7 Å². The number of anilines is 1. The van der Waals surface area contributed by atoms with Crippen molar-refractivity contribution in [3.8, 4) is 5.75 Å². The molecule has 0 unspecified atom stereocenters. The summed E-state index contributed by atoms with van der Waals surface area (Å²) in [4.78, 5) is 4.21. The number of nitrogens with zero attached hydrogens (tertiary/aromatic N) is 1. The summed E-state index contributed by atoms with van der Waals surface area (Å²) in [5.41, 5.74) is 7.79. The molecule has 1 aromatic heterocycles. The molecule has 0 radical (unpaired) electrons. The molecule has 0 aliphatic heterocycles. The first kappa shape index (κ1) is 9.98. The predicted molar refractivity (Wildman–Crippen MR) is 62.3 cm³/mol. The van der Waals surface area contributed by atoms with Gasteiger partial charge in [0.25, 0.3) is 0 Å². The molecule has 0 atom stereocenters. The van der Waals surface area contributed by atoms with Gasteiger partial charge in [-0.1, -0.05) is 12.1 Å². The van der Waals surface area contributed by atoms with Gasteiger partial charge in [0.1, 0.15) is 5.75 Å². The zero-order valence-electron chi connectivity index (χ0n) is 8.43. The summed E-state index contributed by atoms with van der Waals surface area (Å²) < 4.78 is 5.09. The smallest absolute Gasteiger partial charge is 0.180 e. The van der Waals surface area contributed by atoms with Gasteiger partial charge in [0, 0.05) is 11.8 Å². The van der Waals surface area contributed by atoms with Gasteiger partial charge in [-0.25, -0.2) is 4.98 Å². The maximum absolute atomic E-state index is 5.57. The fourth-order valence-corrected chi connectivity index (χ4v) is 1.92. The standard InChI is InChI=1S/C11H12N2OS/c1-14-10-4-2-8(3-5-10)6-9-7-15-11(12)13-9/h2-5,7H,6H2,1H3,(H2,12,13). The van der Waals surface area contributed by atoms with E-state index in [9.17, 15) is 0 Å². The molecule has 0 saturated carbocycles. The molecule has 1 aromatic carbocycles. The van der Waals surface area contributed by atoms with Gasteiger partial charge in [0.15, 0.2) is 5.13 Å². The third-order valence-corrected chi connectivity index (χ3v) is 2.84. The van der Waals surface area contributed by atoms with Crippen molar-refractivity contribution in [3.05, 3.63) is 40.9 Å². The normalized spacial score (nSPS) is 10.2. The SMILES string of the molecule is COc1ccc(Cc2csc(N)n2)cc1. The largest absolute Gasteiger partial charge is 0.497 e. The minimum absolute atomic E-state index is 0.624. The molecule has 2 rings (SSSR count). The van der Waals surface area contributed by atoms with Crippen LogP contribution in [0.2, 0.25) is 0 Å². The Hall–Kier alpha value is -1.55. The Morgan fingerprint density at radius 1 is 1.33 bits per heavy atom. The van der Waals surface area contributed by atoms with Crippen molar-refractivity contribution in [3.63, 3.8) is 0 Å². The number of nitrogens with two attached hydrogens (primary N) is 1. The number of aromatic nitrogens is 1. The number of methoxy groups -OCH3 is 1. The van der Waals surface area contributed by atoms with Crippen LogP contribution in [0.5, 0.6) is 5.75 Å². The van der Waals surface area contributed by atoms with Crippen LogP contribution < -0.4 is 10.5 Å². The van der Waals surface area contributed by atoms with E-state index in [1.54, 1.807) is 7.11 Å². The lowest BCUT2D eigenvalue weighted by Gasteiger charge is -2.01. The first-order valence-corrected chi connectivity index (χ1v) is 5.48. The molecule has 0 spiro atoms. The summed E-state index contributed by atoms with van der Waals surface area (Å²) in [5, 5.41) is 2.61. The fraction of sp³-hybridized carbons (Fsp3) is 0.182. The molecule has 1 heterocycles. The summed E-state index contributed by atoms with van der Waals surface area (Å²) in [6, 6.07) is 7.97. The van der Waals surface area contributed by atoms with Crippen LogP contribution in [-0.4, -0.2) is 12.1 Å². The number of thiazole rings is 1. The Kier molecular flexibility index (Phi) is 2.87. The van der Waals surface area contributed by atoms with Gasteiger partial charge in [-0.2, -0.15) is 0 Å². The van der Waals surface area contributed by atoms with Gasteiger partial charge in [-0.3, -0.25) is 0 Å². The molecule has 0 fully saturated rings. The number of benzene rings is 1. The van der Waals surface area contributed by atoms with E-state index in [0.29, 0.717) is 5.13 Å². The van der Waals surface area contributed by atoms with Gasteiger partial charge < -0.3 is 10.5 Å². The van der Waals surface area contributed by atoms with Crippen molar-refractivity contribution in [1.82, 2.24) is 4.98 Å². The monoisotopic (exact) mass is 220 g/mol. The van der Waals surface area contributed by atoms with E-state index >= 15 is 0 Å². The molecular formula is C11H12N2OS. The highest BCUT2D eigenvalue weighted by Gasteiger charge is 2.00. The van der Waals surface area contributed by atoms with Crippen molar-refractivity contribution in [2.75, 3.05) is 12.8 Å². The van der Waals surface area contributed by atoms with Crippen LogP contribution in [0.4, 0.5) is 5.13 Å². The maximum Gasteiger partial charge on any atom is 0.180 e. The van der Waals surface area contributed by atoms with Crippen molar-refractivity contribution in [1.29, 1.82) is 0 Å². The Bertz CT molecular complexity index is 436. The van der Waals surface area contributed by atoms with Crippen LogP contribution in [-0.2, 0) is 6.42 Å². The summed E-state index contributed by atoms with van der Waals surface area (Å²) in [7, 11) is 1.66. The molecular weight excluding hydrogens is 208 g/mol. The van der Waals surface area contributed by atoms with Gasteiger partial charge in [0.05, 0.1) is 12.8 Å².